The Hall–Kier alpha value is -1.44. The van der Waals surface area contributed by atoms with Crippen molar-refractivity contribution in [3.05, 3.63) is 11.8 Å². The van der Waals surface area contributed by atoms with Gasteiger partial charge in [0.2, 0.25) is 5.91 Å². The van der Waals surface area contributed by atoms with Gasteiger partial charge in [-0.3, -0.25) is 14.6 Å². The third-order valence-corrected chi connectivity index (χ3v) is 3.34. The van der Waals surface area contributed by atoms with E-state index in [4.69, 9.17) is 9.26 Å². The second kappa shape index (κ2) is 7.37. The van der Waals surface area contributed by atoms with Gasteiger partial charge in [-0.1, -0.05) is 5.16 Å². The van der Waals surface area contributed by atoms with Crippen LogP contribution in [0.3, 0.4) is 0 Å². The van der Waals surface area contributed by atoms with Crippen LogP contribution in [0.2, 0.25) is 0 Å². The molecule has 1 aliphatic heterocycles. The van der Waals surface area contributed by atoms with Gasteiger partial charge in [-0.15, -0.1) is 0 Å². The van der Waals surface area contributed by atoms with Crippen LogP contribution in [0.1, 0.15) is 5.76 Å². The van der Waals surface area contributed by atoms with E-state index >= 15 is 0 Å². The number of anilines is 1. The molecule has 7 heteroatoms. The van der Waals surface area contributed by atoms with Crippen LogP contribution in [0.25, 0.3) is 0 Å². The van der Waals surface area contributed by atoms with Gasteiger partial charge in [0.25, 0.3) is 0 Å². The van der Waals surface area contributed by atoms with Crippen molar-refractivity contribution in [3.63, 3.8) is 0 Å². The minimum atomic E-state index is -0.0522. The minimum absolute atomic E-state index is 0.0522. The summed E-state index contributed by atoms with van der Waals surface area (Å²) in [6, 6.07) is 1.71. The lowest BCUT2D eigenvalue weighted by molar-refractivity contribution is -0.117. The van der Waals surface area contributed by atoms with Crippen LogP contribution < -0.4 is 5.32 Å². The Balaban J connectivity index is 1.68. The van der Waals surface area contributed by atoms with Gasteiger partial charge < -0.3 is 14.6 Å². The van der Waals surface area contributed by atoms with Crippen LogP contribution in [-0.4, -0.2) is 73.8 Å². The first-order valence-corrected chi connectivity index (χ1v) is 6.84. The maximum Gasteiger partial charge on any atom is 0.239 e. The van der Waals surface area contributed by atoms with Crippen LogP contribution in [0.4, 0.5) is 5.82 Å². The number of hydrogen-bond donors (Lipinski definition) is 1. The topological polar surface area (TPSA) is 70.8 Å². The van der Waals surface area contributed by atoms with Crippen LogP contribution in [0, 0.1) is 6.92 Å². The Morgan fingerprint density at radius 3 is 2.70 bits per heavy atom. The molecule has 1 aliphatic rings. The van der Waals surface area contributed by atoms with Gasteiger partial charge in [0, 0.05) is 45.9 Å². The van der Waals surface area contributed by atoms with Crippen molar-refractivity contribution in [2.45, 2.75) is 6.92 Å². The van der Waals surface area contributed by atoms with Gasteiger partial charge in [-0.05, 0) is 6.92 Å². The summed E-state index contributed by atoms with van der Waals surface area (Å²) in [6.45, 7) is 7.63. The number of nitrogens with zero attached hydrogens (tertiary/aromatic N) is 3. The molecule has 0 aromatic carbocycles. The lowest BCUT2D eigenvalue weighted by Crippen LogP contribution is -2.49. The Labute approximate surface area is 118 Å². The molecule has 7 nitrogen and oxygen atoms in total. The largest absolute Gasteiger partial charge is 0.383 e. The number of aromatic nitrogens is 1. The van der Waals surface area contributed by atoms with Crippen molar-refractivity contribution in [3.8, 4) is 0 Å². The predicted octanol–water partition coefficient (Wildman–Crippen LogP) is 0.186. The number of carbonyl (C=O) groups excluding carboxylic acids is 1. The Morgan fingerprint density at radius 1 is 1.40 bits per heavy atom. The quantitative estimate of drug-likeness (QED) is 0.803. The number of carbonyl (C=O) groups is 1. The van der Waals surface area contributed by atoms with Crippen LogP contribution >= 0.6 is 0 Å². The molecule has 0 aliphatic carbocycles. The summed E-state index contributed by atoms with van der Waals surface area (Å²) in [5.41, 5.74) is 0. The highest BCUT2D eigenvalue weighted by Crippen LogP contribution is 2.07. The predicted molar refractivity (Wildman–Crippen MR) is 74.6 cm³/mol. The summed E-state index contributed by atoms with van der Waals surface area (Å²) in [4.78, 5) is 16.4. The molecule has 0 spiro atoms. The number of piperazine rings is 1. The smallest absolute Gasteiger partial charge is 0.239 e. The lowest BCUT2D eigenvalue weighted by atomic mass is 10.3. The number of hydrogen-bond acceptors (Lipinski definition) is 6. The van der Waals surface area contributed by atoms with Gasteiger partial charge in [0.05, 0.1) is 13.2 Å². The molecule has 1 fully saturated rings. The zero-order valence-corrected chi connectivity index (χ0v) is 12.1. The van der Waals surface area contributed by atoms with Gasteiger partial charge in [-0.2, -0.15) is 0 Å². The summed E-state index contributed by atoms with van der Waals surface area (Å²) in [6.07, 6.45) is 0. The SMILES string of the molecule is COCCN1CCN(CC(=O)Nc2cc(C)on2)CC1. The molecular formula is C13H22N4O3. The number of ether oxygens (including phenoxy) is 1. The molecule has 1 saturated heterocycles. The Morgan fingerprint density at radius 2 is 2.10 bits per heavy atom. The fraction of sp³-hybridized carbons (Fsp3) is 0.692. The van der Waals surface area contributed by atoms with E-state index in [1.165, 1.54) is 0 Å². The maximum absolute atomic E-state index is 11.9. The number of aryl methyl sites for hydroxylation is 1. The second-order valence-corrected chi connectivity index (χ2v) is 4.98. The average molecular weight is 282 g/mol. The molecular weight excluding hydrogens is 260 g/mol. The van der Waals surface area contributed by atoms with E-state index in [0.717, 1.165) is 39.3 Å². The molecule has 0 unspecified atom stereocenters. The third kappa shape index (κ3) is 4.59. The molecule has 0 radical (unpaired) electrons. The molecule has 2 rings (SSSR count). The summed E-state index contributed by atoms with van der Waals surface area (Å²) < 4.78 is 9.98. The van der Waals surface area contributed by atoms with Crippen molar-refractivity contribution in [2.24, 2.45) is 0 Å². The Kier molecular flexibility index (Phi) is 5.51. The van der Waals surface area contributed by atoms with E-state index in [1.807, 2.05) is 0 Å². The van der Waals surface area contributed by atoms with E-state index in [2.05, 4.69) is 20.3 Å². The van der Waals surface area contributed by atoms with Crippen molar-refractivity contribution in [1.29, 1.82) is 0 Å². The molecule has 1 amide bonds. The summed E-state index contributed by atoms with van der Waals surface area (Å²) in [5, 5.41) is 6.48. The Bertz CT molecular complexity index is 427. The molecule has 1 aromatic rings. The van der Waals surface area contributed by atoms with Crippen LogP contribution in [0.5, 0.6) is 0 Å². The molecule has 2 heterocycles. The van der Waals surface area contributed by atoms with E-state index in [-0.39, 0.29) is 5.91 Å². The molecule has 0 saturated carbocycles. The first-order chi connectivity index (χ1) is 9.67. The average Bonchev–Trinajstić information content (AvgIpc) is 2.83. The third-order valence-electron chi connectivity index (χ3n) is 3.34. The number of methoxy groups -OCH3 is 1. The van der Waals surface area contributed by atoms with E-state index < -0.39 is 0 Å². The first-order valence-electron chi connectivity index (χ1n) is 6.84. The zero-order valence-electron chi connectivity index (χ0n) is 12.1. The number of rotatable bonds is 6. The van der Waals surface area contributed by atoms with Gasteiger partial charge in [-0.25, -0.2) is 0 Å². The van der Waals surface area contributed by atoms with E-state index in [0.29, 0.717) is 18.1 Å². The molecule has 0 atom stereocenters. The van der Waals surface area contributed by atoms with Crippen molar-refractivity contribution >= 4 is 11.7 Å². The summed E-state index contributed by atoms with van der Waals surface area (Å²) in [7, 11) is 1.71. The second-order valence-electron chi connectivity index (χ2n) is 4.98. The fourth-order valence-electron chi connectivity index (χ4n) is 2.20. The zero-order chi connectivity index (χ0) is 14.4. The highest BCUT2D eigenvalue weighted by atomic mass is 16.5. The van der Waals surface area contributed by atoms with Gasteiger partial charge in [0.1, 0.15) is 5.76 Å². The lowest BCUT2D eigenvalue weighted by Gasteiger charge is -2.33. The molecule has 1 N–H and O–H groups in total. The number of nitrogens with one attached hydrogen (secondary N) is 1. The first kappa shape index (κ1) is 15.0. The molecule has 20 heavy (non-hydrogen) atoms. The summed E-state index contributed by atoms with van der Waals surface area (Å²) >= 11 is 0. The fourth-order valence-corrected chi connectivity index (χ4v) is 2.20. The maximum atomic E-state index is 11.9. The monoisotopic (exact) mass is 282 g/mol. The van der Waals surface area contributed by atoms with E-state index in [1.54, 1.807) is 20.1 Å². The normalized spacial score (nSPS) is 17.3. The summed E-state index contributed by atoms with van der Waals surface area (Å²) in [5.74, 6) is 1.11. The minimum Gasteiger partial charge on any atom is -0.383 e. The van der Waals surface area contributed by atoms with Gasteiger partial charge in [0.15, 0.2) is 5.82 Å². The van der Waals surface area contributed by atoms with Crippen molar-refractivity contribution in [1.82, 2.24) is 15.0 Å². The van der Waals surface area contributed by atoms with Crippen LogP contribution in [-0.2, 0) is 9.53 Å². The highest BCUT2D eigenvalue weighted by molar-refractivity contribution is 5.91. The highest BCUT2D eigenvalue weighted by Gasteiger charge is 2.19. The van der Waals surface area contributed by atoms with Crippen LogP contribution in [0.15, 0.2) is 10.6 Å². The van der Waals surface area contributed by atoms with Gasteiger partial charge >= 0.3 is 0 Å². The standard InChI is InChI=1S/C13H22N4O3/c1-11-9-12(15-20-11)14-13(18)10-17-5-3-16(4-6-17)7-8-19-2/h9H,3-8,10H2,1-2H3,(H,14,15,18). The van der Waals surface area contributed by atoms with E-state index in [9.17, 15) is 4.79 Å². The number of amides is 1. The molecule has 112 valence electrons. The molecule has 1 aromatic heterocycles. The van der Waals surface area contributed by atoms with Crippen molar-refractivity contribution < 1.29 is 14.1 Å². The van der Waals surface area contributed by atoms with Crippen molar-refractivity contribution in [2.75, 3.05) is 58.3 Å². The molecule has 0 bridgehead atoms.